The van der Waals surface area contributed by atoms with Crippen molar-refractivity contribution >= 4 is 31.8 Å². The fraction of sp³-hybridized carbons (Fsp3) is 0.182. The van der Waals surface area contributed by atoms with Gasteiger partial charge in [-0.3, -0.25) is 4.72 Å². The Labute approximate surface area is 126 Å². The molecule has 0 bridgehead atoms. The first-order chi connectivity index (χ1) is 9.61. The Morgan fingerprint density at radius 1 is 1.33 bits per heavy atom. The summed E-state index contributed by atoms with van der Waals surface area (Å²) in [4.78, 5) is -0.523. The maximum absolute atomic E-state index is 12.6. The number of sulfonamides is 1. The summed E-state index contributed by atoms with van der Waals surface area (Å²) in [6, 6.07) is 3.40. The number of halogens is 4. The molecule has 2 rings (SSSR count). The highest BCUT2D eigenvalue weighted by atomic mass is 79.9. The van der Waals surface area contributed by atoms with Gasteiger partial charge in [-0.15, -0.1) is 0 Å². The Bertz CT molecular complexity index is 771. The van der Waals surface area contributed by atoms with Crippen molar-refractivity contribution in [1.29, 1.82) is 0 Å². The number of aromatic nitrogens is 1. The van der Waals surface area contributed by atoms with Crippen LogP contribution in [0.2, 0.25) is 0 Å². The van der Waals surface area contributed by atoms with Crippen LogP contribution in [0.3, 0.4) is 0 Å². The molecule has 1 N–H and O–H groups in total. The van der Waals surface area contributed by atoms with E-state index in [2.05, 4.69) is 25.8 Å². The van der Waals surface area contributed by atoms with Crippen LogP contribution in [0.1, 0.15) is 11.3 Å². The van der Waals surface area contributed by atoms with E-state index in [4.69, 9.17) is 4.52 Å². The van der Waals surface area contributed by atoms with E-state index in [9.17, 15) is 21.6 Å². The van der Waals surface area contributed by atoms with E-state index in [-0.39, 0.29) is 10.3 Å². The summed E-state index contributed by atoms with van der Waals surface area (Å²) >= 11 is 3.06. The molecule has 0 radical (unpaired) electrons. The maximum atomic E-state index is 12.6. The van der Waals surface area contributed by atoms with Crippen molar-refractivity contribution < 1.29 is 26.1 Å². The predicted molar refractivity (Wildman–Crippen MR) is 71.2 cm³/mol. The zero-order valence-electron chi connectivity index (χ0n) is 10.4. The van der Waals surface area contributed by atoms with Crippen LogP contribution in [0.25, 0.3) is 0 Å². The fourth-order valence-electron chi connectivity index (χ4n) is 1.45. The van der Waals surface area contributed by atoms with Crippen LogP contribution >= 0.6 is 15.9 Å². The SMILES string of the molecule is Cc1onc(NS(=O)(=O)c2cccc(C(F)(F)F)c2)c1Br. The molecule has 0 aliphatic heterocycles. The first kappa shape index (κ1) is 15.8. The minimum absolute atomic E-state index is 0.134. The van der Waals surface area contributed by atoms with E-state index in [1.807, 2.05) is 0 Å². The lowest BCUT2D eigenvalue weighted by Gasteiger charge is -2.09. The average Bonchev–Trinajstić information content (AvgIpc) is 2.69. The second kappa shape index (κ2) is 5.34. The van der Waals surface area contributed by atoms with Gasteiger partial charge in [-0.25, -0.2) is 8.42 Å². The van der Waals surface area contributed by atoms with Crippen LogP contribution in [-0.2, 0) is 16.2 Å². The molecule has 0 saturated heterocycles. The highest BCUT2D eigenvalue weighted by Gasteiger charge is 2.32. The largest absolute Gasteiger partial charge is 0.416 e. The molecule has 0 spiro atoms. The Kier molecular flexibility index (Phi) is 4.02. The third kappa shape index (κ3) is 3.38. The molecule has 1 aromatic carbocycles. The third-order valence-corrected chi connectivity index (χ3v) is 4.76. The number of hydrogen-bond acceptors (Lipinski definition) is 4. The van der Waals surface area contributed by atoms with Crippen LogP contribution in [0, 0.1) is 6.92 Å². The molecule has 10 heteroatoms. The van der Waals surface area contributed by atoms with Gasteiger partial charge in [-0.05, 0) is 41.1 Å². The van der Waals surface area contributed by atoms with Gasteiger partial charge in [0, 0.05) is 0 Å². The van der Waals surface area contributed by atoms with Crippen LogP contribution in [0.5, 0.6) is 0 Å². The van der Waals surface area contributed by atoms with Gasteiger partial charge in [0.2, 0.25) is 0 Å². The molecule has 114 valence electrons. The molecule has 0 saturated carbocycles. The van der Waals surface area contributed by atoms with Crippen molar-refractivity contribution in [3.63, 3.8) is 0 Å². The van der Waals surface area contributed by atoms with Crippen LogP contribution in [0.15, 0.2) is 38.2 Å². The zero-order chi connectivity index (χ0) is 15.8. The van der Waals surface area contributed by atoms with Crippen LogP contribution in [-0.4, -0.2) is 13.6 Å². The Balaban J connectivity index is 2.38. The molecular weight excluding hydrogens is 377 g/mol. The van der Waals surface area contributed by atoms with Gasteiger partial charge in [-0.1, -0.05) is 11.2 Å². The first-order valence-corrected chi connectivity index (χ1v) is 7.71. The molecule has 5 nitrogen and oxygen atoms in total. The number of nitrogens with zero attached hydrogens (tertiary/aromatic N) is 1. The van der Waals surface area contributed by atoms with Crippen molar-refractivity contribution in [2.75, 3.05) is 4.72 Å². The normalized spacial score (nSPS) is 12.4. The Morgan fingerprint density at radius 3 is 2.52 bits per heavy atom. The minimum atomic E-state index is -4.63. The summed E-state index contributed by atoms with van der Waals surface area (Å²) in [7, 11) is -4.21. The molecule has 0 amide bonds. The first-order valence-electron chi connectivity index (χ1n) is 5.43. The van der Waals surface area contributed by atoms with E-state index in [1.54, 1.807) is 6.92 Å². The molecule has 1 aromatic heterocycles. The van der Waals surface area contributed by atoms with Gasteiger partial charge in [0.1, 0.15) is 10.2 Å². The van der Waals surface area contributed by atoms with E-state index < -0.39 is 26.7 Å². The van der Waals surface area contributed by atoms with Crippen molar-refractivity contribution in [1.82, 2.24) is 5.16 Å². The van der Waals surface area contributed by atoms with Crippen molar-refractivity contribution in [3.05, 3.63) is 40.1 Å². The summed E-state index contributed by atoms with van der Waals surface area (Å²) in [6.45, 7) is 1.54. The topological polar surface area (TPSA) is 72.2 Å². The van der Waals surface area contributed by atoms with Gasteiger partial charge in [-0.2, -0.15) is 13.2 Å². The number of alkyl halides is 3. The minimum Gasteiger partial charge on any atom is -0.358 e. The third-order valence-electron chi connectivity index (χ3n) is 2.49. The standard InChI is InChI=1S/C11H8BrF3N2O3S/c1-6-9(12)10(16-20-6)17-21(18,19)8-4-2-3-7(5-8)11(13,14)15/h2-5H,1H3,(H,16,17). The van der Waals surface area contributed by atoms with E-state index in [0.29, 0.717) is 11.8 Å². The second-order valence-corrected chi connectivity index (χ2v) is 6.51. The number of hydrogen-bond donors (Lipinski definition) is 1. The number of anilines is 1. The highest BCUT2D eigenvalue weighted by molar-refractivity contribution is 9.10. The molecule has 0 aliphatic carbocycles. The van der Waals surface area contributed by atoms with E-state index >= 15 is 0 Å². The number of benzene rings is 1. The van der Waals surface area contributed by atoms with Crippen molar-refractivity contribution in [3.8, 4) is 0 Å². The van der Waals surface area contributed by atoms with Gasteiger partial charge >= 0.3 is 6.18 Å². The average molecular weight is 385 g/mol. The van der Waals surface area contributed by atoms with Gasteiger partial charge in [0.25, 0.3) is 10.0 Å². The highest BCUT2D eigenvalue weighted by Crippen LogP contribution is 2.31. The summed E-state index contributed by atoms with van der Waals surface area (Å²) in [6.07, 6.45) is -4.63. The lowest BCUT2D eigenvalue weighted by atomic mass is 10.2. The van der Waals surface area contributed by atoms with Crippen LogP contribution < -0.4 is 4.72 Å². The maximum Gasteiger partial charge on any atom is 0.416 e. The summed E-state index contributed by atoms with van der Waals surface area (Å²) < 4.78 is 69.0. The van der Waals surface area contributed by atoms with Crippen molar-refractivity contribution in [2.45, 2.75) is 18.0 Å². The lowest BCUT2D eigenvalue weighted by Crippen LogP contribution is -2.15. The van der Waals surface area contributed by atoms with Crippen LogP contribution in [0.4, 0.5) is 19.0 Å². The Hall–Kier alpha value is -1.55. The second-order valence-electron chi connectivity index (χ2n) is 4.03. The molecule has 2 aromatic rings. The van der Waals surface area contributed by atoms with Gasteiger partial charge in [0.15, 0.2) is 5.82 Å². The van der Waals surface area contributed by atoms with Gasteiger partial charge in [0.05, 0.1) is 10.5 Å². The summed E-state index contributed by atoms with van der Waals surface area (Å²) in [5.74, 6) is 0.196. The van der Waals surface area contributed by atoms with Crippen molar-refractivity contribution in [2.24, 2.45) is 0 Å². The zero-order valence-corrected chi connectivity index (χ0v) is 12.8. The monoisotopic (exact) mass is 384 g/mol. The molecule has 0 atom stereocenters. The number of aryl methyl sites for hydroxylation is 1. The number of rotatable bonds is 3. The van der Waals surface area contributed by atoms with E-state index in [0.717, 1.165) is 18.2 Å². The lowest BCUT2D eigenvalue weighted by molar-refractivity contribution is -0.137. The molecule has 0 aliphatic rings. The summed E-state index contributed by atoms with van der Waals surface area (Å²) in [5, 5.41) is 3.46. The Morgan fingerprint density at radius 2 is 2.00 bits per heavy atom. The molecular formula is C11H8BrF3N2O3S. The molecule has 1 heterocycles. The van der Waals surface area contributed by atoms with E-state index in [1.165, 1.54) is 0 Å². The summed E-state index contributed by atoms with van der Waals surface area (Å²) in [5.41, 5.74) is -1.05. The smallest absolute Gasteiger partial charge is 0.358 e. The quantitative estimate of drug-likeness (QED) is 0.877. The molecule has 21 heavy (non-hydrogen) atoms. The molecule has 0 unspecified atom stereocenters. The number of nitrogens with one attached hydrogen (secondary N) is 1. The molecule has 0 fully saturated rings. The predicted octanol–water partition coefficient (Wildman–Crippen LogP) is 3.57. The fourth-order valence-corrected chi connectivity index (χ4v) is 2.88. The van der Waals surface area contributed by atoms with Gasteiger partial charge < -0.3 is 4.52 Å².